The van der Waals surface area contributed by atoms with Gasteiger partial charge in [-0.15, -0.1) is 0 Å². The van der Waals surface area contributed by atoms with Crippen molar-refractivity contribution in [1.82, 2.24) is 15.2 Å². The number of hydrogen-bond acceptors (Lipinski definition) is 5. The van der Waals surface area contributed by atoms with Gasteiger partial charge in [0.1, 0.15) is 11.5 Å². The first-order valence-electron chi connectivity index (χ1n) is 8.42. The van der Waals surface area contributed by atoms with Gasteiger partial charge in [0.15, 0.2) is 0 Å². The van der Waals surface area contributed by atoms with E-state index in [4.69, 9.17) is 4.42 Å². The quantitative estimate of drug-likeness (QED) is 0.915. The highest BCUT2D eigenvalue weighted by molar-refractivity contribution is 5.95. The maximum Gasteiger partial charge on any atom is 0.269 e. The molecule has 2 aromatic rings. The van der Waals surface area contributed by atoms with Crippen molar-refractivity contribution in [3.05, 3.63) is 47.7 Å². The van der Waals surface area contributed by atoms with Crippen LogP contribution >= 0.6 is 0 Å². The number of nitrogens with zero attached hydrogens (tertiary/aromatic N) is 3. The lowest BCUT2D eigenvalue weighted by Crippen LogP contribution is -2.48. The van der Waals surface area contributed by atoms with Gasteiger partial charge in [0.05, 0.1) is 11.8 Å². The van der Waals surface area contributed by atoms with E-state index < -0.39 is 0 Å². The molecule has 3 heterocycles. The zero-order chi connectivity index (χ0) is 17.8. The first-order valence-corrected chi connectivity index (χ1v) is 8.42. The molecule has 1 aliphatic heterocycles. The van der Waals surface area contributed by atoms with E-state index >= 15 is 0 Å². The Morgan fingerprint density at radius 1 is 1.24 bits per heavy atom. The zero-order valence-electron chi connectivity index (χ0n) is 14.5. The van der Waals surface area contributed by atoms with Crippen LogP contribution in [-0.2, 0) is 0 Å². The van der Waals surface area contributed by atoms with E-state index in [1.807, 2.05) is 17.9 Å². The molecule has 0 atom stereocenters. The Bertz CT molecular complexity index is 763. The molecular weight excluding hydrogens is 320 g/mol. The van der Waals surface area contributed by atoms with E-state index in [0.29, 0.717) is 49.7 Å². The molecule has 0 aliphatic carbocycles. The summed E-state index contributed by atoms with van der Waals surface area (Å²) in [4.78, 5) is 32.6. The number of carbonyl (C=O) groups excluding carboxylic acids is 2. The molecule has 25 heavy (non-hydrogen) atoms. The Morgan fingerprint density at radius 3 is 2.64 bits per heavy atom. The molecule has 0 radical (unpaired) electrons. The number of aryl methyl sites for hydroxylation is 1. The monoisotopic (exact) mass is 342 g/mol. The fourth-order valence-corrected chi connectivity index (χ4v) is 2.94. The summed E-state index contributed by atoms with van der Waals surface area (Å²) in [5, 5.41) is 2.75. The van der Waals surface area contributed by atoms with Crippen molar-refractivity contribution in [2.75, 3.05) is 37.6 Å². The van der Waals surface area contributed by atoms with E-state index in [1.165, 1.54) is 0 Å². The number of nitrogens with one attached hydrogen (secondary N) is 1. The number of carbonyl (C=O) groups is 2. The number of furan rings is 1. The van der Waals surface area contributed by atoms with Crippen LogP contribution in [0.3, 0.4) is 0 Å². The summed E-state index contributed by atoms with van der Waals surface area (Å²) in [7, 11) is 0. The summed E-state index contributed by atoms with van der Waals surface area (Å²) in [6.45, 7) is 6.91. The minimum absolute atomic E-state index is 0.00337. The molecule has 1 N–H and O–H groups in total. The van der Waals surface area contributed by atoms with Gasteiger partial charge in [-0.1, -0.05) is 0 Å². The van der Waals surface area contributed by atoms with Gasteiger partial charge in [0.25, 0.3) is 11.8 Å². The maximum atomic E-state index is 12.5. The third-order valence-electron chi connectivity index (χ3n) is 4.33. The van der Waals surface area contributed by atoms with Gasteiger partial charge in [-0.2, -0.15) is 0 Å². The fraction of sp³-hybridized carbons (Fsp3) is 0.389. The van der Waals surface area contributed by atoms with Crippen LogP contribution in [0, 0.1) is 6.92 Å². The van der Waals surface area contributed by atoms with Crippen LogP contribution in [0.1, 0.15) is 33.5 Å². The van der Waals surface area contributed by atoms with Crippen LogP contribution in [0.4, 0.5) is 5.69 Å². The Kier molecular flexibility index (Phi) is 5.02. The highest BCUT2D eigenvalue weighted by Gasteiger charge is 2.24. The maximum absolute atomic E-state index is 12.5. The summed E-state index contributed by atoms with van der Waals surface area (Å²) < 4.78 is 5.22. The third-order valence-corrected chi connectivity index (χ3v) is 4.33. The number of anilines is 1. The summed E-state index contributed by atoms with van der Waals surface area (Å²) in [6, 6.07) is 5.40. The second kappa shape index (κ2) is 7.38. The molecule has 0 bridgehead atoms. The zero-order valence-corrected chi connectivity index (χ0v) is 14.5. The average molecular weight is 342 g/mol. The van der Waals surface area contributed by atoms with Gasteiger partial charge >= 0.3 is 0 Å². The molecule has 3 rings (SSSR count). The minimum atomic E-state index is -0.173. The van der Waals surface area contributed by atoms with Crippen molar-refractivity contribution in [3.63, 3.8) is 0 Å². The largest absolute Gasteiger partial charge is 0.469 e. The summed E-state index contributed by atoms with van der Waals surface area (Å²) in [5.74, 6) is 0.477. The second-order valence-corrected chi connectivity index (χ2v) is 5.93. The Hall–Kier alpha value is -2.83. The second-order valence-electron chi connectivity index (χ2n) is 5.93. The SMILES string of the molecule is CCNC(=O)c1cc(N2CCN(C(=O)c3ccoc3C)CC2)ccn1. The topological polar surface area (TPSA) is 78.7 Å². The van der Waals surface area contributed by atoms with Gasteiger partial charge in [0, 0.05) is 44.6 Å². The van der Waals surface area contributed by atoms with E-state index in [0.717, 1.165) is 5.69 Å². The van der Waals surface area contributed by atoms with Crippen molar-refractivity contribution >= 4 is 17.5 Å². The van der Waals surface area contributed by atoms with Crippen LogP contribution in [0.25, 0.3) is 0 Å². The molecule has 1 aliphatic rings. The molecule has 0 spiro atoms. The molecule has 2 aromatic heterocycles. The molecule has 1 saturated heterocycles. The van der Waals surface area contributed by atoms with Crippen molar-refractivity contribution in [3.8, 4) is 0 Å². The third kappa shape index (κ3) is 3.65. The van der Waals surface area contributed by atoms with Gasteiger partial charge in [0.2, 0.25) is 0 Å². The number of aromatic nitrogens is 1. The molecule has 1 fully saturated rings. The number of amides is 2. The Morgan fingerprint density at radius 2 is 2.00 bits per heavy atom. The number of rotatable bonds is 4. The van der Waals surface area contributed by atoms with Gasteiger partial charge < -0.3 is 19.5 Å². The van der Waals surface area contributed by atoms with E-state index in [1.54, 1.807) is 31.5 Å². The molecule has 132 valence electrons. The van der Waals surface area contributed by atoms with Crippen LogP contribution < -0.4 is 10.2 Å². The molecular formula is C18H22N4O3. The molecule has 7 heteroatoms. The lowest BCUT2D eigenvalue weighted by atomic mass is 10.2. The van der Waals surface area contributed by atoms with E-state index in [9.17, 15) is 9.59 Å². The van der Waals surface area contributed by atoms with E-state index in [2.05, 4.69) is 15.2 Å². The molecule has 0 unspecified atom stereocenters. The van der Waals surface area contributed by atoms with Crippen LogP contribution in [0.15, 0.2) is 35.1 Å². The summed E-state index contributed by atoms with van der Waals surface area (Å²) in [6.07, 6.45) is 3.19. The normalized spacial score (nSPS) is 14.5. The number of piperazine rings is 1. The highest BCUT2D eigenvalue weighted by atomic mass is 16.3. The first-order chi connectivity index (χ1) is 12.1. The lowest BCUT2D eigenvalue weighted by molar-refractivity contribution is 0.0745. The lowest BCUT2D eigenvalue weighted by Gasteiger charge is -2.36. The van der Waals surface area contributed by atoms with Gasteiger partial charge in [-0.25, -0.2) is 0 Å². The van der Waals surface area contributed by atoms with Crippen molar-refractivity contribution < 1.29 is 14.0 Å². The standard InChI is InChI=1S/C18H22N4O3/c1-3-19-17(23)16-12-14(4-6-20-16)21-7-9-22(10-8-21)18(24)15-5-11-25-13(15)2/h4-6,11-12H,3,7-10H2,1-2H3,(H,19,23). The van der Waals surface area contributed by atoms with Crippen LogP contribution in [0.2, 0.25) is 0 Å². The number of pyridine rings is 1. The minimum Gasteiger partial charge on any atom is -0.469 e. The average Bonchev–Trinajstić information content (AvgIpc) is 3.07. The van der Waals surface area contributed by atoms with E-state index in [-0.39, 0.29) is 11.8 Å². The predicted octanol–water partition coefficient (Wildman–Crippen LogP) is 1.70. The van der Waals surface area contributed by atoms with Gasteiger partial charge in [-0.05, 0) is 32.0 Å². The smallest absolute Gasteiger partial charge is 0.269 e. The van der Waals surface area contributed by atoms with Crippen molar-refractivity contribution in [2.24, 2.45) is 0 Å². The van der Waals surface area contributed by atoms with Gasteiger partial charge in [-0.3, -0.25) is 14.6 Å². The summed E-state index contributed by atoms with van der Waals surface area (Å²) >= 11 is 0. The van der Waals surface area contributed by atoms with Crippen LogP contribution in [-0.4, -0.2) is 54.4 Å². The fourth-order valence-electron chi connectivity index (χ4n) is 2.94. The molecule has 7 nitrogen and oxygen atoms in total. The van der Waals surface area contributed by atoms with Crippen LogP contribution in [0.5, 0.6) is 0 Å². The Balaban J connectivity index is 1.64. The summed E-state index contributed by atoms with van der Waals surface area (Å²) in [5.41, 5.74) is 1.98. The Labute approximate surface area is 146 Å². The molecule has 2 amide bonds. The number of hydrogen-bond donors (Lipinski definition) is 1. The van der Waals surface area contributed by atoms with Crippen molar-refractivity contribution in [1.29, 1.82) is 0 Å². The molecule has 0 saturated carbocycles. The first kappa shape index (κ1) is 17.0. The predicted molar refractivity (Wildman–Crippen MR) is 93.8 cm³/mol. The van der Waals surface area contributed by atoms with Crippen molar-refractivity contribution in [2.45, 2.75) is 13.8 Å². The highest BCUT2D eigenvalue weighted by Crippen LogP contribution is 2.19. The molecule has 0 aromatic carbocycles.